The van der Waals surface area contributed by atoms with Gasteiger partial charge in [-0.25, -0.2) is 9.97 Å². The number of hydrogen-bond acceptors (Lipinski definition) is 6. The summed E-state index contributed by atoms with van der Waals surface area (Å²) in [6.45, 7) is 7.91. The van der Waals surface area contributed by atoms with Gasteiger partial charge in [0, 0.05) is 43.4 Å². The fourth-order valence-electron chi connectivity index (χ4n) is 4.80. The molecule has 27 heavy (non-hydrogen) atoms. The molecular formula is C20H28N4O3. The first kappa shape index (κ1) is 17.4. The number of morpholine rings is 1. The van der Waals surface area contributed by atoms with Gasteiger partial charge in [-0.3, -0.25) is 4.79 Å². The summed E-state index contributed by atoms with van der Waals surface area (Å²) in [6.07, 6.45) is 4.23. The molecule has 2 saturated heterocycles. The number of aryl methyl sites for hydroxylation is 1. The lowest BCUT2D eigenvalue weighted by Crippen LogP contribution is -2.44. The van der Waals surface area contributed by atoms with Gasteiger partial charge in [0.15, 0.2) is 0 Å². The number of anilines is 1. The van der Waals surface area contributed by atoms with Gasteiger partial charge < -0.3 is 19.3 Å². The quantitative estimate of drug-likeness (QED) is 0.782. The van der Waals surface area contributed by atoms with Gasteiger partial charge in [0.25, 0.3) is 0 Å². The molecule has 3 aliphatic heterocycles. The smallest absolute Gasteiger partial charge is 0.225 e. The Kier molecular flexibility index (Phi) is 4.31. The number of carbonyl (C=O) groups excluding carboxylic acids is 1. The van der Waals surface area contributed by atoms with Crippen LogP contribution in [-0.4, -0.2) is 66.8 Å². The zero-order chi connectivity index (χ0) is 18.4. The van der Waals surface area contributed by atoms with Crippen LogP contribution in [-0.2, 0) is 26.3 Å². The molecule has 146 valence electrons. The summed E-state index contributed by atoms with van der Waals surface area (Å²) < 4.78 is 11.5. The molecule has 0 N–H and O–H groups in total. The van der Waals surface area contributed by atoms with Crippen LogP contribution in [0.2, 0.25) is 0 Å². The van der Waals surface area contributed by atoms with Gasteiger partial charge in [-0.1, -0.05) is 6.42 Å². The van der Waals surface area contributed by atoms with Crippen molar-refractivity contribution in [2.24, 2.45) is 5.92 Å². The summed E-state index contributed by atoms with van der Waals surface area (Å²) in [7, 11) is 0. The zero-order valence-electron chi connectivity index (χ0n) is 16.1. The molecule has 1 atom stereocenters. The Morgan fingerprint density at radius 1 is 1.15 bits per heavy atom. The van der Waals surface area contributed by atoms with E-state index in [-0.39, 0.29) is 11.3 Å². The minimum absolute atomic E-state index is 0.179. The lowest BCUT2D eigenvalue weighted by molar-refractivity contribution is -0.137. The standard InChI is InChI=1S/C20H28N4O3/c1-14-16-11-27-13-20(5-6-24(12-20)18(25)15-3-2-4-15)17(16)22-19(21-14)23-7-9-26-10-8-23/h15H,2-13H2,1H3. The van der Waals surface area contributed by atoms with E-state index < -0.39 is 0 Å². The largest absolute Gasteiger partial charge is 0.378 e. The van der Waals surface area contributed by atoms with Crippen LogP contribution in [0.5, 0.6) is 0 Å². The Bertz CT molecular complexity index is 745. The van der Waals surface area contributed by atoms with Crippen molar-refractivity contribution in [2.45, 2.75) is 44.6 Å². The first-order valence-electron chi connectivity index (χ1n) is 10.2. The summed E-state index contributed by atoms with van der Waals surface area (Å²) in [5.74, 6) is 1.39. The molecule has 1 aromatic rings. The van der Waals surface area contributed by atoms with Gasteiger partial charge in [-0.05, 0) is 26.2 Å². The molecule has 0 bridgehead atoms. The maximum atomic E-state index is 12.8. The van der Waals surface area contributed by atoms with Crippen LogP contribution in [0.1, 0.15) is 42.6 Å². The molecule has 0 aromatic carbocycles. The van der Waals surface area contributed by atoms with Gasteiger partial charge in [-0.2, -0.15) is 0 Å². The number of aromatic nitrogens is 2. The highest BCUT2D eigenvalue weighted by molar-refractivity contribution is 5.80. The fourth-order valence-corrected chi connectivity index (χ4v) is 4.80. The van der Waals surface area contributed by atoms with E-state index in [0.717, 1.165) is 81.6 Å². The van der Waals surface area contributed by atoms with Crippen LogP contribution in [0.4, 0.5) is 5.95 Å². The van der Waals surface area contributed by atoms with Crippen molar-refractivity contribution in [3.05, 3.63) is 17.0 Å². The molecular weight excluding hydrogens is 344 g/mol. The van der Waals surface area contributed by atoms with Crippen molar-refractivity contribution >= 4 is 11.9 Å². The first-order chi connectivity index (χ1) is 13.2. The molecule has 1 aliphatic carbocycles. The van der Waals surface area contributed by atoms with Gasteiger partial charge in [0.2, 0.25) is 11.9 Å². The van der Waals surface area contributed by atoms with Crippen molar-refractivity contribution in [1.82, 2.24) is 14.9 Å². The van der Waals surface area contributed by atoms with E-state index in [9.17, 15) is 4.79 Å². The predicted octanol–water partition coefficient (Wildman–Crippen LogP) is 1.42. The Hall–Kier alpha value is -1.73. The normalized spacial score (nSPS) is 28.3. The van der Waals surface area contributed by atoms with Crippen LogP contribution in [0.15, 0.2) is 0 Å². The average molecular weight is 372 g/mol. The average Bonchev–Trinajstić information content (AvgIpc) is 3.07. The molecule has 1 saturated carbocycles. The van der Waals surface area contributed by atoms with Gasteiger partial charge in [0.1, 0.15) is 0 Å². The molecule has 7 nitrogen and oxygen atoms in total. The van der Waals surface area contributed by atoms with Gasteiger partial charge in [-0.15, -0.1) is 0 Å². The Morgan fingerprint density at radius 3 is 2.70 bits per heavy atom. The molecule has 3 fully saturated rings. The highest BCUT2D eigenvalue weighted by atomic mass is 16.5. The summed E-state index contributed by atoms with van der Waals surface area (Å²) in [4.78, 5) is 26.9. The van der Waals surface area contributed by atoms with E-state index in [1.165, 1.54) is 6.42 Å². The number of carbonyl (C=O) groups is 1. The maximum absolute atomic E-state index is 12.8. The third-order valence-corrected chi connectivity index (χ3v) is 6.74. The predicted molar refractivity (Wildman–Crippen MR) is 99.7 cm³/mol. The number of rotatable bonds is 2. The number of ether oxygens (including phenoxy) is 2. The SMILES string of the molecule is Cc1nc(N2CCOCC2)nc2c1COCC21CCN(C(=O)C2CCC2)C1. The summed E-state index contributed by atoms with van der Waals surface area (Å²) in [6, 6.07) is 0. The first-order valence-corrected chi connectivity index (χ1v) is 10.2. The number of nitrogens with zero attached hydrogens (tertiary/aromatic N) is 4. The Balaban J connectivity index is 1.46. The van der Waals surface area contributed by atoms with Crippen LogP contribution in [0.25, 0.3) is 0 Å². The molecule has 4 aliphatic rings. The summed E-state index contributed by atoms with van der Waals surface area (Å²) in [5.41, 5.74) is 3.06. The van der Waals surface area contributed by atoms with E-state index in [4.69, 9.17) is 19.4 Å². The number of amides is 1. The van der Waals surface area contributed by atoms with Crippen molar-refractivity contribution in [2.75, 3.05) is 50.9 Å². The fraction of sp³-hybridized carbons (Fsp3) is 0.750. The van der Waals surface area contributed by atoms with Gasteiger partial charge in [0.05, 0.1) is 37.5 Å². The Labute approximate surface area is 160 Å². The van der Waals surface area contributed by atoms with Crippen molar-refractivity contribution in [3.63, 3.8) is 0 Å². The van der Waals surface area contributed by atoms with E-state index in [0.29, 0.717) is 19.1 Å². The minimum atomic E-state index is -0.179. The van der Waals surface area contributed by atoms with Crippen LogP contribution in [0.3, 0.4) is 0 Å². The highest BCUT2D eigenvalue weighted by Crippen LogP contribution is 2.42. The number of likely N-dealkylation sites (tertiary alicyclic amines) is 1. The highest BCUT2D eigenvalue weighted by Gasteiger charge is 2.48. The lowest BCUT2D eigenvalue weighted by atomic mass is 9.80. The van der Waals surface area contributed by atoms with Gasteiger partial charge >= 0.3 is 0 Å². The van der Waals surface area contributed by atoms with Crippen molar-refractivity contribution < 1.29 is 14.3 Å². The topological polar surface area (TPSA) is 67.8 Å². The summed E-state index contributed by atoms with van der Waals surface area (Å²) in [5, 5.41) is 0. The molecule has 1 aromatic heterocycles. The van der Waals surface area contributed by atoms with Crippen molar-refractivity contribution in [1.29, 1.82) is 0 Å². The summed E-state index contributed by atoms with van der Waals surface area (Å²) >= 11 is 0. The monoisotopic (exact) mass is 372 g/mol. The van der Waals surface area contributed by atoms with Crippen LogP contribution < -0.4 is 4.90 Å². The maximum Gasteiger partial charge on any atom is 0.225 e. The second-order valence-corrected chi connectivity index (χ2v) is 8.45. The Morgan fingerprint density at radius 2 is 1.96 bits per heavy atom. The second-order valence-electron chi connectivity index (χ2n) is 8.45. The van der Waals surface area contributed by atoms with E-state index in [1.54, 1.807) is 0 Å². The van der Waals surface area contributed by atoms with E-state index in [2.05, 4.69) is 16.7 Å². The molecule has 7 heteroatoms. The van der Waals surface area contributed by atoms with Crippen LogP contribution >= 0.6 is 0 Å². The molecule has 1 amide bonds. The van der Waals surface area contributed by atoms with E-state index >= 15 is 0 Å². The lowest BCUT2D eigenvalue weighted by Gasteiger charge is -2.37. The third kappa shape index (κ3) is 2.91. The van der Waals surface area contributed by atoms with E-state index in [1.807, 2.05) is 0 Å². The van der Waals surface area contributed by atoms with Crippen molar-refractivity contribution in [3.8, 4) is 0 Å². The molecule has 1 unspecified atom stereocenters. The second kappa shape index (κ2) is 6.71. The number of fused-ring (bicyclic) bond motifs is 2. The minimum Gasteiger partial charge on any atom is -0.378 e. The molecule has 0 radical (unpaired) electrons. The third-order valence-electron chi connectivity index (χ3n) is 6.74. The zero-order valence-corrected chi connectivity index (χ0v) is 16.1. The van der Waals surface area contributed by atoms with Crippen LogP contribution in [0, 0.1) is 12.8 Å². The molecule has 4 heterocycles. The number of hydrogen-bond donors (Lipinski definition) is 0. The molecule has 1 spiro atoms. The molecule has 5 rings (SSSR count).